The number of thiazole rings is 1. The summed E-state index contributed by atoms with van der Waals surface area (Å²) in [4.78, 5) is 21.4. The Bertz CT molecular complexity index is 703. The van der Waals surface area contributed by atoms with Gasteiger partial charge in [-0.05, 0) is 44.5 Å². The zero-order valence-corrected chi connectivity index (χ0v) is 18.4. The van der Waals surface area contributed by atoms with Gasteiger partial charge >= 0.3 is 0 Å². The lowest BCUT2D eigenvalue weighted by atomic mass is 9.78. The minimum atomic E-state index is -0.379. The molecule has 1 saturated heterocycles. The first-order chi connectivity index (χ1) is 12.7. The van der Waals surface area contributed by atoms with Gasteiger partial charge < -0.3 is 15.4 Å². The average molecular weight is 447 g/mol. The number of pyridine rings is 1. The van der Waals surface area contributed by atoms with Gasteiger partial charge in [-0.3, -0.25) is 9.78 Å². The Kier molecular flexibility index (Phi) is 10.9. The maximum atomic E-state index is 12.7. The van der Waals surface area contributed by atoms with Crippen molar-refractivity contribution in [2.24, 2.45) is 5.41 Å². The summed E-state index contributed by atoms with van der Waals surface area (Å²) in [5.41, 5.74) is 1.70. The van der Waals surface area contributed by atoms with Crippen molar-refractivity contribution < 1.29 is 9.53 Å². The molecule has 0 saturated carbocycles. The van der Waals surface area contributed by atoms with E-state index >= 15 is 0 Å². The molecule has 1 aliphatic heterocycles. The Morgan fingerprint density at radius 2 is 2.00 bits per heavy atom. The number of aromatic nitrogens is 2. The number of amides is 1. The summed E-state index contributed by atoms with van der Waals surface area (Å²) in [5, 5.41) is 9.59. The van der Waals surface area contributed by atoms with Gasteiger partial charge in [0.15, 0.2) is 0 Å². The topological polar surface area (TPSA) is 76.1 Å². The molecule has 28 heavy (non-hydrogen) atoms. The zero-order chi connectivity index (χ0) is 18.2. The predicted octanol–water partition coefficient (Wildman–Crippen LogP) is 3.11. The molecule has 2 aromatic heterocycles. The molecular weight excluding hydrogens is 419 g/mol. The summed E-state index contributed by atoms with van der Waals surface area (Å²) in [5.74, 6) is 0.123. The maximum Gasteiger partial charge on any atom is 0.228 e. The molecule has 1 amide bonds. The van der Waals surface area contributed by atoms with Gasteiger partial charge in [0.2, 0.25) is 5.91 Å². The number of halogens is 2. The molecule has 0 unspecified atom stereocenters. The third kappa shape index (κ3) is 6.39. The molecule has 0 aliphatic carbocycles. The van der Waals surface area contributed by atoms with Gasteiger partial charge in [0, 0.05) is 43.4 Å². The summed E-state index contributed by atoms with van der Waals surface area (Å²) < 4.78 is 5.32. The van der Waals surface area contributed by atoms with Crippen LogP contribution in [-0.4, -0.2) is 49.2 Å². The summed E-state index contributed by atoms with van der Waals surface area (Å²) in [6.07, 6.45) is 6.97. The highest BCUT2D eigenvalue weighted by atomic mass is 35.5. The van der Waals surface area contributed by atoms with E-state index in [1.54, 1.807) is 30.8 Å². The molecule has 156 valence electrons. The van der Waals surface area contributed by atoms with Crippen LogP contribution < -0.4 is 10.6 Å². The average Bonchev–Trinajstić information content (AvgIpc) is 3.16. The molecular formula is C19H28Cl2N4O2S. The molecule has 2 N–H and O–H groups in total. The van der Waals surface area contributed by atoms with E-state index in [-0.39, 0.29) is 36.1 Å². The number of methoxy groups -OCH3 is 1. The second-order valence-electron chi connectivity index (χ2n) is 6.69. The Balaban J connectivity index is 0.00000196. The predicted molar refractivity (Wildman–Crippen MR) is 118 cm³/mol. The van der Waals surface area contributed by atoms with Gasteiger partial charge in [-0.2, -0.15) is 0 Å². The van der Waals surface area contributed by atoms with Crippen LogP contribution in [0.1, 0.15) is 24.3 Å². The molecule has 0 spiro atoms. The van der Waals surface area contributed by atoms with Gasteiger partial charge in [-0.1, -0.05) is 0 Å². The number of rotatable bonds is 8. The van der Waals surface area contributed by atoms with Crippen molar-refractivity contribution in [2.45, 2.75) is 25.7 Å². The van der Waals surface area contributed by atoms with Crippen LogP contribution in [0.25, 0.3) is 11.3 Å². The Labute approximate surface area is 182 Å². The number of hydrogen-bond donors (Lipinski definition) is 2. The minimum Gasteiger partial charge on any atom is -0.384 e. The Morgan fingerprint density at radius 3 is 2.68 bits per heavy atom. The molecule has 3 rings (SSSR count). The number of nitrogens with one attached hydrogen (secondary N) is 2. The van der Waals surface area contributed by atoms with E-state index in [0.29, 0.717) is 13.2 Å². The lowest BCUT2D eigenvalue weighted by molar-refractivity contribution is -0.136. The van der Waals surface area contributed by atoms with Crippen LogP contribution in [0.3, 0.4) is 0 Å². The van der Waals surface area contributed by atoms with Crippen LogP contribution in [0.5, 0.6) is 0 Å². The first kappa shape index (κ1) is 24.8. The Morgan fingerprint density at radius 1 is 1.29 bits per heavy atom. The summed E-state index contributed by atoms with van der Waals surface area (Å²) in [6, 6.07) is 3.93. The SMILES string of the molecule is COCC1(C(=O)NCCCc2nc(-c3ccncc3)cs2)CCNCC1.Cl.Cl. The van der Waals surface area contributed by atoms with Crippen molar-refractivity contribution in [2.75, 3.05) is 33.4 Å². The largest absolute Gasteiger partial charge is 0.384 e. The van der Waals surface area contributed by atoms with Crippen LogP contribution in [-0.2, 0) is 16.0 Å². The number of carbonyl (C=O) groups excluding carboxylic acids is 1. The first-order valence-electron chi connectivity index (χ1n) is 9.06. The van der Waals surface area contributed by atoms with Crippen LogP contribution in [0.15, 0.2) is 29.9 Å². The molecule has 0 atom stereocenters. The number of hydrogen-bond acceptors (Lipinski definition) is 6. The van der Waals surface area contributed by atoms with Crippen LogP contribution in [0.2, 0.25) is 0 Å². The number of aryl methyl sites for hydroxylation is 1. The van der Waals surface area contributed by atoms with E-state index in [1.165, 1.54) is 0 Å². The maximum absolute atomic E-state index is 12.7. The molecule has 1 aliphatic rings. The van der Waals surface area contributed by atoms with E-state index in [1.807, 2.05) is 12.1 Å². The lowest BCUT2D eigenvalue weighted by Crippen LogP contribution is -2.50. The fourth-order valence-corrected chi connectivity index (χ4v) is 4.18. The fourth-order valence-electron chi connectivity index (χ4n) is 3.33. The standard InChI is InChI=1S/C19H26N4O2S.2ClH/c1-25-14-19(6-11-21-12-7-19)18(24)22-8-2-3-17-23-16(13-26-17)15-4-9-20-10-5-15;;/h4-5,9-10,13,21H,2-3,6-8,11-12,14H2,1H3,(H,22,24);2*1H. The normalized spacial score (nSPS) is 15.2. The monoisotopic (exact) mass is 446 g/mol. The van der Waals surface area contributed by atoms with Crippen molar-refractivity contribution >= 4 is 42.1 Å². The Hall–Kier alpha value is -1.25. The molecule has 0 bridgehead atoms. The molecule has 9 heteroatoms. The van der Waals surface area contributed by atoms with Crippen LogP contribution in [0, 0.1) is 5.41 Å². The third-order valence-electron chi connectivity index (χ3n) is 4.84. The molecule has 0 radical (unpaired) electrons. The van der Waals surface area contributed by atoms with Crippen molar-refractivity contribution in [1.29, 1.82) is 0 Å². The third-order valence-corrected chi connectivity index (χ3v) is 5.75. The van der Waals surface area contributed by atoms with E-state index in [9.17, 15) is 4.79 Å². The van der Waals surface area contributed by atoms with Crippen LogP contribution >= 0.6 is 36.2 Å². The number of carbonyl (C=O) groups is 1. The first-order valence-corrected chi connectivity index (χ1v) is 9.94. The highest BCUT2D eigenvalue weighted by Gasteiger charge is 2.39. The quantitative estimate of drug-likeness (QED) is 0.609. The smallest absolute Gasteiger partial charge is 0.228 e. The van der Waals surface area contributed by atoms with Gasteiger partial charge in [-0.15, -0.1) is 36.2 Å². The second-order valence-corrected chi connectivity index (χ2v) is 7.63. The molecule has 1 fully saturated rings. The van der Waals surface area contributed by atoms with Crippen molar-refractivity contribution in [3.8, 4) is 11.3 Å². The summed E-state index contributed by atoms with van der Waals surface area (Å²) in [6.45, 7) is 2.89. The molecule has 6 nitrogen and oxygen atoms in total. The zero-order valence-electron chi connectivity index (χ0n) is 16.0. The fraction of sp³-hybridized carbons (Fsp3) is 0.526. The van der Waals surface area contributed by atoms with Crippen molar-refractivity contribution in [1.82, 2.24) is 20.6 Å². The van der Waals surface area contributed by atoms with Gasteiger partial charge in [0.25, 0.3) is 0 Å². The van der Waals surface area contributed by atoms with Crippen molar-refractivity contribution in [3.63, 3.8) is 0 Å². The van der Waals surface area contributed by atoms with E-state index in [4.69, 9.17) is 4.74 Å². The van der Waals surface area contributed by atoms with Gasteiger partial charge in [-0.25, -0.2) is 4.98 Å². The highest BCUT2D eigenvalue weighted by molar-refractivity contribution is 7.09. The minimum absolute atomic E-state index is 0. The van der Waals surface area contributed by atoms with E-state index in [2.05, 4.69) is 26.0 Å². The van der Waals surface area contributed by atoms with Crippen molar-refractivity contribution in [3.05, 3.63) is 34.9 Å². The van der Waals surface area contributed by atoms with E-state index in [0.717, 1.165) is 55.0 Å². The highest BCUT2D eigenvalue weighted by Crippen LogP contribution is 2.29. The summed E-state index contributed by atoms with van der Waals surface area (Å²) >= 11 is 1.67. The van der Waals surface area contributed by atoms with Crippen LogP contribution in [0.4, 0.5) is 0 Å². The number of nitrogens with zero attached hydrogens (tertiary/aromatic N) is 2. The summed E-state index contributed by atoms with van der Waals surface area (Å²) in [7, 11) is 1.67. The molecule has 2 aromatic rings. The number of ether oxygens (including phenoxy) is 1. The van der Waals surface area contributed by atoms with Gasteiger partial charge in [0.1, 0.15) is 0 Å². The second kappa shape index (κ2) is 12.3. The van der Waals surface area contributed by atoms with E-state index < -0.39 is 0 Å². The molecule has 3 heterocycles. The molecule has 0 aromatic carbocycles. The van der Waals surface area contributed by atoms with Gasteiger partial charge in [0.05, 0.1) is 22.7 Å². The number of piperidine rings is 1. The lowest BCUT2D eigenvalue weighted by Gasteiger charge is -2.35.